The number of rotatable bonds is 5. The van der Waals surface area contributed by atoms with Crippen LogP contribution in [-0.2, 0) is 4.79 Å². The quantitative estimate of drug-likeness (QED) is 0.671. The summed E-state index contributed by atoms with van der Waals surface area (Å²) in [6.45, 7) is 2.11. The Morgan fingerprint density at radius 2 is 2.05 bits per heavy atom. The standard InChI is InChI=1S/C14H18N2O2S2/c1-14(19-7-8-20-14)9-13(17)16-15-10-11-3-5-12(18-2)6-4-11/h3-6,10H,7-9H2,1-2H3,(H,16,17). The Kier molecular flexibility index (Phi) is 5.37. The fourth-order valence-corrected chi connectivity index (χ4v) is 4.69. The van der Waals surface area contributed by atoms with Crippen molar-refractivity contribution in [2.75, 3.05) is 18.6 Å². The van der Waals surface area contributed by atoms with Gasteiger partial charge in [-0.1, -0.05) is 0 Å². The third-order valence-electron chi connectivity index (χ3n) is 2.90. The van der Waals surface area contributed by atoms with Crippen LogP contribution in [-0.4, -0.2) is 34.8 Å². The van der Waals surface area contributed by atoms with Gasteiger partial charge in [0.2, 0.25) is 5.91 Å². The van der Waals surface area contributed by atoms with Crippen molar-refractivity contribution in [3.63, 3.8) is 0 Å². The Balaban J connectivity index is 1.81. The van der Waals surface area contributed by atoms with Crippen LogP contribution in [0.3, 0.4) is 0 Å². The Hall–Kier alpha value is -1.14. The predicted octanol–water partition coefficient (Wildman–Crippen LogP) is 2.73. The number of hydrazone groups is 1. The van der Waals surface area contributed by atoms with Crippen molar-refractivity contribution in [3.05, 3.63) is 29.8 Å². The monoisotopic (exact) mass is 310 g/mol. The van der Waals surface area contributed by atoms with Crippen molar-refractivity contribution in [3.8, 4) is 5.75 Å². The van der Waals surface area contributed by atoms with E-state index in [2.05, 4.69) is 17.5 Å². The van der Waals surface area contributed by atoms with Crippen molar-refractivity contribution < 1.29 is 9.53 Å². The van der Waals surface area contributed by atoms with Gasteiger partial charge in [-0.15, -0.1) is 23.5 Å². The fourth-order valence-electron chi connectivity index (χ4n) is 1.86. The zero-order valence-electron chi connectivity index (χ0n) is 11.6. The number of hydrogen-bond acceptors (Lipinski definition) is 5. The lowest BCUT2D eigenvalue weighted by atomic mass is 10.2. The Morgan fingerprint density at radius 3 is 2.65 bits per heavy atom. The van der Waals surface area contributed by atoms with Crippen LogP contribution in [0.4, 0.5) is 0 Å². The first-order chi connectivity index (χ1) is 9.61. The van der Waals surface area contributed by atoms with Gasteiger partial charge in [0.15, 0.2) is 0 Å². The lowest BCUT2D eigenvalue weighted by molar-refractivity contribution is -0.121. The van der Waals surface area contributed by atoms with Crippen molar-refractivity contribution in [2.45, 2.75) is 17.4 Å². The fraction of sp³-hybridized carbons (Fsp3) is 0.429. The summed E-state index contributed by atoms with van der Waals surface area (Å²) in [5, 5.41) is 3.99. The molecule has 1 aliphatic rings. The van der Waals surface area contributed by atoms with Crippen LogP contribution >= 0.6 is 23.5 Å². The second kappa shape index (κ2) is 7.04. The van der Waals surface area contributed by atoms with Crippen LogP contribution < -0.4 is 10.2 Å². The van der Waals surface area contributed by atoms with Crippen LogP contribution in [0.5, 0.6) is 5.75 Å². The van der Waals surface area contributed by atoms with Gasteiger partial charge in [-0.05, 0) is 36.8 Å². The average molecular weight is 310 g/mol. The van der Waals surface area contributed by atoms with E-state index in [0.717, 1.165) is 22.8 Å². The Labute approximate surface area is 127 Å². The maximum atomic E-state index is 11.8. The molecule has 1 aromatic rings. The van der Waals surface area contributed by atoms with E-state index in [4.69, 9.17) is 4.74 Å². The van der Waals surface area contributed by atoms with Crippen molar-refractivity contribution in [1.82, 2.24) is 5.43 Å². The number of amides is 1. The molecule has 0 spiro atoms. The van der Waals surface area contributed by atoms with Crippen LogP contribution in [0, 0.1) is 0 Å². The molecular formula is C14H18N2O2S2. The molecule has 0 bridgehead atoms. The zero-order valence-corrected chi connectivity index (χ0v) is 13.2. The molecule has 1 saturated heterocycles. The number of hydrogen-bond donors (Lipinski definition) is 1. The first kappa shape index (κ1) is 15.3. The van der Waals surface area contributed by atoms with Crippen molar-refractivity contribution in [2.24, 2.45) is 5.10 Å². The van der Waals surface area contributed by atoms with Crippen LogP contribution in [0.1, 0.15) is 18.9 Å². The summed E-state index contributed by atoms with van der Waals surface area (Å²) in [5.74, 6) is 2.99. The molecule has 108 valence electrons. The van der Waals surface area contributed by atoms with Gasteiger partial charge >= 0.3 is 0 Å². The molecule has 1 aliphatic heterocycles. The number of nitrogens with one attached hydrogen (secondary N) is 1. The van der Waals surface area contributed by atoms with E-state index in [1.54, 1.807) is 13.3 Å². The van der Waals surface area contributed by atoms with Gasteiger partial charge < -0.3 is 4.74 Å². The molecular weight excluding hydrogens is 292 g/mol. The molecule has 1 heterocycles. The summed E-state index contributed by atoms with van der Waals surface area (Å²) in [6, 6.07) is 7.49. The summed E-state index contributed by atoms with van der Waals surface area (Å²) in [4.78, 5) is 11.8. The molecule has 0 aromatic heterocycles. The molecule has 1 fully saturated rings. The van der Waals surface area contributed by atoms with Gasteiger partial charge in [-0.25, -0.2) is 5.43 Å². The first-order valence-electron chi connectivity index (χ1n) is 6.35. The van der Waals surface area contributed by atoms with E-state index in [1.807, 2.05) is 47.8 Å². The summed E-state index contributed by atoms with van der Waals surface area (Å²) in [5.41, 5.74) is 3.50. The second-order valence-corrected chi connectivity index (χ2v) is 8.03. The van der Waals surface area contributed by atoms with E-state index < -0.39 is 0 Å². The minimum atomic E-state index is -0.0424. The number of nitrogens with zero attached hydrogens (tertiary/aromatic N) is 1. The Bertz CT molecular complexity index is 482. The number of thioether (sulfide) groups is 2. The molecule has 4 nitrogen and oxygen atoms in total. The Morgan fingerprint density at radius 1 is 1.40 bits per heavy atom. The molecule has 1 amide bonds. The van der Waals surface area contributed by atoms with E-state index in [9.17, 15) is 4.79 Å². The van der Waals surface area contributed by atoms with Crippen LogP contribution in [0.2, 0.25) is 0 Å². The largest absolute Gasteiger partial charge is 0.497 e. The number of methoxy groups -OCH3 is 1. The minimum Gasteiger partial charge on any atom is -0.497 e. The average Bonchev–Trinajstić information content (AvgIpc) is 2.86. The van der Waals surface area contributed by atoms with E-state index in [0.29, 0.717) is 6.42 Å². The smallest absolute Gasteiger partial charge is 0.242 e. The molecule has 0 radical (unpaired) electrons. The van der Waals surface area contributed by atoms with Crippen LogP contribution in [0.25, 0.3) is 0 Å². The highest BCUT2D eigenvalue weighted by Gasteiger charge is 2.32. The molecule has 0 atom stereocenters. The topological polar surface area (TPSA) is 50.7 Å². The van der Waals surface area contributed by atoms with Crippen molar-refractivity contribution in [1.29, 1.82) is 0 Å². The third-order valence-corrected chi connectivity index (χ3v) is 6.19. The van der Waals surface area contributed by atoms with Gasteiger partial charge in [0, 0.05) is 11.5 Å². The van der Waals surface area contributed by atoms with Crippen molar-refractivity contribution >= 4 is 35.6 Å². The highest BCUT2D eigenvalue weighted by atomic mass is 32.2. The molecule has 1 N–H and O–H groups in total. The highest BCUT2D eigenvalue weighted by molar-refractivity contribution is 8.21. The van der Waals surface area contributed by atoms with Gasteiger partial charge in [-0.2, -0.15) is 5.10 Å². The van der Waals surface area contributed by atoms with E-state index in [-0.39, 0.29) is 9.99 Å². The molecule has 6 heteroatoms. The molecule has 2 rings (SSSR count). The number of carbonyl (C=O) groups is 1. The van der Waals surface area contributed by atoms with Gasteiger partial charge in [0.05, 0.1) is 23.8 Å². The maximum Gasteiger partial charge on any atom is 0.242 e. The SMILES string of the molecule is COc1ccc(C=NNC(=O)CC2(C)SCCS2)cc1. The van der Waals surface area contributed by atoms with Crippen LogP contribution in [0.15, 0.2) is 29.4 Å². The number of benzene rings is 1. The highest BCUT2D eigenvalue weighted by Crippen LogP contribution is 2.45. The lowest BCUT2D eigenvalue weighted by Gasteiger charge is -2.19. The summed E-state index contributed by atoms with van der Waals surface area (Å²) in [6.07, 6.45) is 2.12. The zero-order chi connectivity index (χ0) is 14.4. The van der Waals surface area contributed by atoms with Gasteiger partial charge in [0.25, 0.3) is 0 Å². The molecule has 0 unspecified atom stereocenters. The molecule has 0 saturated carbocycles. The summed E-state index contributed by atoms with van der Waals surface area (Å²) >= 11 is 3.69. The normalized spacial score (nSPS) is 17.3. The molecule has 20 heavy (non-hydrogen) atoms. The number of carbonyl (C=O) groups excluding carboxylic acids is 1. The minimum absolute atomic E-state index is 0.000281. The number of ether oxygens (including phenoxy) is 1. The lowest BCUT2D eigenvalue weighted by Crippen LogP contribution is -2.26. The first-order valence-corrected chi connectivity index (χ1v) is 8.32. The third kappa shape index (κ3) is 4.45. The maximum absolute atomic E-state index is 11.8. The second-order valence-electron chi connectivity index (χ2n) is 4.57. The summed E-state index contributed by atoms with van der Waals surface area (Å²) in [7, 11) is 1.63. The summed E-state index contributed by atoms with van der Waals surface area (Å²) < 4.78 is 5.08. The molecule has 0 aliphatic carbocycles. The predicted molar refractivity (Wildman–Crippen MR) is 86.7 cm³/mol. The van der Waals surface area contributed by atoms with E-state index >= 15 is 0 Å². The van der Waals surface area contributed by atoms with Gasteiger partial charge in [-0.3, -0.25) is 4.79 Å². The van der Waals surface area contributed by atoms with E-state index in [1.165, 1.54) is 0 Å². The molecule has 1 aromatic carbocycles. The van der Waals surface area contributed by atoms with Gasteiger partial charge in [0.1, 0.15) is 5.75 Å².